The van der Waals surface area contributed by atoms with Crippen molar-refractivity contribution in [3.8, 4) is 0 Å². The minimum absolute atomic E-state index is 0.0356. The van der Waals surface area contributed by atoms with Gasteiger partial charge in [-0.15, -0.1) is 0 Å². The largest absolute Gasteiger partial charge is 0.357 e. The topological polar surface area (TPSA) is 75.4 Å². The van der Waals surface area contributed by atoms with Crippen LogP contribution < -0.4 is 11.1 Å². The van der Waals surface area contributed by atoms with E-state index in [2.05, 4.69) is 5.32 Å². The Kier molecular flexibility index (Phi) is 4.90. The summed E-state index contributed by atoms with van der Waals surface area (Å²) in [7, 11) is 1.59. The molecule has 0 aliphatic carbocycles. The van der Waals surface area contributed by atoms with Crippen molar-refractivity contribution in [2.45, 2.75) is 18.9 Å². The summed E-state index contributed by atoms with van der Waals surface area (Å²) in [6.07, 6.45) is 1.65. The van der Waals surface area contributed by atoms with Gasteiger partial charge in [-0.05, 0) is 12.8 Å². The van der Waals surface area contributed by atoms with Crippen LogP contribution in [0.25, 0.3) is 0 Å². The fraction of sp³-hybridized carbons (Fsp3) is 0.778. The molecule has 1 aliphatic rings. The van der Waals surface area contributed by atoms with Gasteiger partial charge in [0.25, 0.3) is 5.24 Å². The molecule has 86 valence electrons. The highest BCUT2D eigenvalue weighted by Gasteiger charge is 2.33. The van der Waals surface area contributed by atoms with Crippen molar-refractivity contribution in [1.82, 2.24) is 10.2 Å². The molecule has 0 bridgehead atoms. The number of amides is 2. The fourth-order valence-corrected chi connectivity index (χ4v) is 2.33. The lowest BCUT2D eigenvalue weighted by atomic mass is 10.2. The molecular weight excluding hydrogens is 214 g/mol. The third kappa shape index (κ3) is 3.10. The number of likely N-dealkylation sites (tertiary alicyclic amines) is 1. The number of hydrogen-bond acceptors (Lipinski definition) is 4. The summed E-state index contributed by atoms with van der Waals surface area (Å²) in [4.78, 5) is 24.8. The number of rotatable bonds is 3. The zero-order valence-corrected chi connectivity index (χ0v) is 9.68. The van der Waals surface area contributed by atoms with E-state index in [9.17, 15) is 9.59 Å². The van der Waals surface area contributed by atoms with Gasteiger partial charge in [-0.25, -0.2) is 0 Å². The maximum Gasteiger partial charge on any atom is 0.282 e. The summed E-state index contributed by atoms with van der Waals surface area (Å²) >= 11 is 1.19. The smallest absolute Gasteiger partial charge is 0.282 e. The number of carbonyl (C=O) groups is 2. The van der Waals surface area contributed by atoms with Crippen LogP contribution in [0.3, 0.4) is 0 Å². The van der Waals surface area contributed by atoms with Crippen LogP contribution in [0.15, 0.2) is 0 Å². The Morgan fingerprint density at radius 3 is 2.93 bits per heavy atom. The van der Waals surface area contributed by atoms with E-state index in [0.29, 0.717) is 18.8 Å². The summed E-state index contributed by atoms with van der Waals surface area (Å²) in [5, 5.41) is 2.55. The van der Waals surface area contributed by atoms with Crippen molar-refractivity contribution in [2.24, 2.45) is 5.73 Å². The van der Waals surface area contributed by atoms with E-state index in [-0.39, 0.29) is 17.2 Å². The first kappa shape index (κ1) is 12.3. The van der Waals surface area contributed by atoms with Gasteiger partial charge < -0.3 is 16.0 Å². The Hall–Kier alpha value is -0.750. The molecule has 0 saturated carbocycles. The maximum absolute atomic E-state index is 11.7. The number of thioether (sulfide) groups is 1. The van der Waals surface area contributed by atoms with Gasteiger partial charge in [0.15, 0.2) is 0 Å². The summed E-state index contributed by atoms with van der Waals surface area (Å²) in [5.74, 6) is 0.532. The summed E-state index contributed by atoms with van der Waals surface area (Å²) < 4.78 is 0. The molecule has 1 aliphatic heterocycles. The molecular formula is C9H17N3O2S. The lowest BCUT2D eigenvalue weighted by Crippen LogP contribution is -2.43. The molecule has 1 fully saturated rings. The predicted molar refractivity (Wildman–Crippen MR) is 60.7 cm³/mol. The number of hydrogen-bond donors (Lipinski definition) is 2. The van der Waals surface area contributed by atoms with Crippen LogP contribution in [0.2, 0.25) is 0 Å². The number of nitrogens with zero attached hydrogens (tertiary/aromatic N) is 1. The Morgan fingerprint density at radius 2 is 2.33 bits per heavy atom. The van der Waals surface area contributed by atoms with Crippen LogP contribution in [-0.4, -0.2) is 48.0 Å². The van der Waals surface area contributed by atoms with Crippen molar-refractivity contribution in [1.29, 1.82) is 0 Å². The van der Waals surface area contributed by atoms with E-state index in [4.69, 9.17) is 5.73 Å². The van der Waals surface area contributed by atoms with Gasteiger partial charge in [-0.3, -0.25) is 9.59 Å². The highest BCUT2D eigenvalue weighted by molar-refractivity contribution is 8.13. The molecule has 3 N–H and O–H groups in total. The number of likely N-dealkylation sites (N-methyl/N-ethyl adjacent to an activating group) is 1. The van der Waals surface area contributed by atoms with E-state index in [1.54, 1.807) is 11.9 Å². The molecule has 0 unspecified atom stereocenters. The average Bonchev–Trinajstić information content (AvgIpc) is 2.73. The van der Waals surface area contributed by atoms with Gasteiger partial charge in [0.05, 0.1) is 0 Å². The van der Waals surface area contributed by atoms with Crippen molar-refractivity contribution < 1.29 is 9.59 Å². The summed E-state index contributed by atoms with van der Waals surface area (Å²) in [6.45, 7) is 1.16. The lowest BCUT2D eigenvalue weighted by Gasteiger charge is -2.22. The molecule has 1 heterocycles. The molecule has 0 radical (unpaired) electrons. The molecule has 6 heteroatoms. The molecule has 1 saturated heterocycles. The highest BCUT2D eigenvalue weighted by Crippen LogP contribution is 2.21. The molecule has 15 heavy (non-hydrogen) atoms. The van der Waals surface area contributed by atoms with E-state index >= 15 is 0 Å². The zero-order valence-electron chi connectivity index (χ0n) is 8.86. The van der Waals surface area contributed by atoms with Crippen LogP contribution in [-0.2, 0) is 4.79 Å². The summed E-state index contributed by atoms with van der Waals surface area (Å²) in [5.41, 5.74) is 5.33. The number of nitrogens with one attached hydrogen (secondary N) is 1. The van der Waals surface area contributed by atoms with Crippen molar-refractivity contribution in [2.75, 3.05) is 25.9 Å². The minimum atomic E-state index is -0.284. The SMILES string of the molecule is CNC(=O)[C@@H]1CCCN1C(=O)SCCN. The van der Waals surface area contributed by atoms with E-state index in [1.807, 2.05) is 0 Å². The van der Waals surface area contributed by atoms with Crippen molar-refractivity contribution >= 4 is 22.9 Å². The predicted octanol–water partition coefficient (Wildman–Crippen LogP) is 0.00870. The van der Waals surface area contributed by atoms with Crippen molar-refractivity contribution in [3.05, 3.63) is 0 Å². The van der Waals surface area contributed by atoms with E-state index in [0.717, 1.165) is 12.8 Å². The van der Waals surface area contributed by atoms with E-state index in [1.165, 1.54) is 11.8 Å². The number of nitrogens with two attached hydrogens (primary N) is 1. The van der Waals surface area contributed by atoms with Crippen LogP contribution in [0.1, 0.15) is 12.8 Å². The minimum Gasteiger partial charge on any atom is -0.357 e. The van der Waals surface area contributed by atoms with Gasteiger partial charge in [-0.2, -0.15) is 0 Å². The van der Waals surface area contributed by atoms with Crippen LogP contribution in [0.4, 0.5) is 4.79 Å². The first-order valence-electron chi connectivity index (χ1n) is 5.05. The van der Waals surface area contributed by atoms with E-state index < -0.39 is 0 Å². The highest BCUT2D eigenvalue weighted by atomic mass is 32.2. The quantitative estimate of drug-likeness (QED) is 0.717. The Labute approximate surface area is 93.7 Å². The fourth-order valence-electron chi connectivity index (χ4n) is 1.65. The molecule has 0 aromatic rings. The summed E-state index contributed by atoms with van der Waals surface area (Å²) in [6, 6.07) is -0.284. The average molecular weight is 231 g/mol. The van der Waals surface area contributed by atoms with Crippen LogP contribution in [0.5, 0.6) is 0 Å². The van der Waals surface area contributed by atoms with Crippen LogP contribution >= 0.6 is 11.8 Å². The second-order valence-electron chi connectivity index (χ2n) is 3.37. The maximum atomic E-state index is 11.7. The first-order chi connectivity index (χ1) is 7.20. The van der Waals surface area contributed by atoms with Crippen LogP contribution in [0, 0.1) is 0 Å². The van der Waals surface area contributed by atoms with Crippen molar-refractivity contribution in [3.63, 3.8) is 0 Å². The van der Waals surface area contributed by atoms with Gasteiger partial charge >= 0.3 is 0 Å². The molecule has 0 aromatic heterocycles. The standard InChI is InChI=1S/C9H17N3O2S/c1-11-8(13)7-3-2-5-12(7)9(14)15-6-4-10/h7H,2-6,10H2,1H3,(H,11,13)/t7-/m0/s1. The van der Waals surface area contributed by atoms with Gasteiger partial charge in [0.1, 0.15) is 6.04 Å². The van der Waals surface area contributed by atoms with Gasteiger partial charge in [-0.1, -0.05) is 11.8 Å². The second-order valence-corrected chi connectivity index (χ2v) is 4.41. The third-order valence-electron chi connectivity index (χ3n) is 2.38. The second kappa shape index (κ2) is 5.97. The number of carbonyl (C=O) groups excluding carboxylic acids is 2. The zero-order chi connectivity index (χ0) is 11.3. The Morgan fingerprint density at radius 1 is 1.60 bits per heavy atom. The molecule has 0 aromatic carbocycles. The monoisotopic (exact) mass is 231 g/mol. The molecule has 1 atom stereocenters. The van der Waals surface area contributed by atoms with Gasteiger partial charge in [0, 0.05) is 25.9 Å². The third-order valence-corrected chi connectivity index (χ3v) is 3.30. The molecule has 5 nitrogen and oxygen atoms in total. The Balaban J connectivity index is 2.52. The lowest BCUT2D eigenvalue weighted by molar-refractivity contribution is -0.124. The normalized spacial score (nSPS) is 20.4. The van der Waals surface area contributed by atoms with Gasteiger partial charge in [0.2, 0.25) is 5.91 Å². The first-order valence-corrected chi connectivity index (χ1v) is 6.04. The molecule has 1 rings (SSSR count). The molecule has 0 spiro atoms. The molecule has 2 amide bonds. The Bertz CT molecular complexity index is 248.